The van der Waals surface area contributed by atoms with Crippen LogP contribution in [0, 0.1) is 11.3 Å². The maximum Gasteiger partial charge on any atom is 0.266 e. The van der Waals surface area contributed by atoms with E-state index in [4.69, 9.17) is 19.5 Å². The summed E-state index contributed by atoms with van der Waals surface area (Å²) in [4.78, 5) is 14.7. The Morgan fingerprint density at radius 3 is 2.79 bits per heavy atom. The minimum absolute atomic E-state index is 0.0642. The van der Waals surface area contributed by atoms with E-state index in [1.807, 2.05) is 29.2 Å². The van der Waals surface area contributed by atoms with Crippen LogP contribution in [0.3, 0.4) is 0 Å². The second-order valence-electron chi connectivity index (χ2n) is 7.03. The van der Waals surface area contributed by atoms with E-state index in [2.05, 4.69) is 6.07 Å². The molecule has 0 bridgehead atoms. The van der Waals surface area contributed by atoms with E-state index >= 15 is 0 Å². The number of methoxy groups -OCH3 is 1. The summed E-state index contributed by atoms with van der Waals surface area (Å²) in [5, 5.41) is 9.10. The largest absolute Gasteiger partial charge is 0.497 e. The van der Waals surface area contributed by atoms with Crippen molar-refractivity contribution in [3.8, 4) is 17.6 Å². The van der Waals surface area contributed by atoms with Gasteiger partial charge in [-0.05, 0) is 48.7 Å². The Morgan fingerprint density at radius 2 is 2.04 bits per heavy atom. The number of hydrogen-bond acceptors (Lipinski definition) is 5. The first-order valence-electron chi connectivity index (χ1n) is 9.42. The molecule has 144 valence electrons. The number of ether oxygens (including phenoxy) is 3. The van der Waals surface area contributed by atoms with Gasteiger partial charge in [0.15, 0.2) is 0 Å². The molecule has 3 atom stereocenters. The topological polar surface area (TPSA) is 71.8 Å². The summed E-state index contributed by atoms with van der Waals surface area (Å²) in [7, 11) is 1.62. The van der Waals surface area contributed by atoms with Crippen LogP contribution in [0.25, 0.3) is 0 Å². The molecule has 0 radical (unpaired) electrons. The summed E-state index contributed by atoms with van der Waals surface area (Å²) < 4.78 is 17.1. The lowest BCUT2D eigenvalue weighted by Gasteiger charge is -2.47. The predicted octanol–water partition coefficient (Wildman–Crippen LogP) is 3.08. The summed E-state index contributed by atoms with van der Waals surface area (Å²) in [6.45, 7) is 1.30. The SMILES string of the molecule is COc1cccc([C@@H]2[C@@H](Oc3cccc(C#N)c3)C(=O)N2C[C@H]2CCCO2)c1. The summed E-state index contributed by atoms with van der Waals surface area (Å²) in [5.74, 6) is 1.19. The molecule has 1 amide bonds. The Kier molecular flexibility index (Phi) is 5.18. The van der Waals surface area contributed by atoms with Gasteiger partial charge in [0, 0.05) is 13.2 Å². The maximum absolute atomic E-state index is 12.9. The predicted molar refractivity (Wildman–Crippen MR) is 102 cm³/mol. The molecule has 0 aliphatic carbocycles. The van der Waals surface area contributed by atoms with Crippen LogP contribution in [0.4, 0.5) is 0 Å². The van der Waals surface area contributed by atoms with Gasteiger partial charge in [0.1, 0.15) is 17.5 Å². The molecule has 0 unspecified atom stereocenters. The third-order valence-electron chi connectivity index (χ3n) is 5.23. The Balaban J connectivity index is 1.60. The monoisotopic (exact) mass is 378 g/mol. The van der Waals surface area contributed by atoms with Crippen molar-refractivity contribution in [2.24, 2.45) is 0 Å². The molecule has 6 heteroatoms. The van der Waals surface area contributed by atoms with E-state index in [1.54, 1.807) is 31.4 Å². The highest BCUT2D eigenvalue weighted by Gasteiger charge is 2.51. The first kappa shape index (κ1) is 18.3. The molecule has 2 saturated heterocycles. The molecular weight excluding hydrogens is 356 g/mol. The van der Waals surface area contributed by atoms with E-state index < -0.39 is 6.10 Å². The number of carbonyl (C=O) groups excluding carboxylic acids is 1. The van der Waals surface area contributed by atoms with Crippen molar-refractivity contribution in [1.82, 2.24) is 4.90 Å². The molecule has 0 aromatic heterocycles. The van der Waals surface area contributed by atoms with E-state index in [0.29, 0.717) is 17.9 Å². The summed E-state index contributed by atoms with van der Waals surface area (Å²) >= 11 is 0. The van der Waals surface area contributed by atoms with Crippen molar-refractivity contribution in [1.29, 1.82) is 5.26 Å². The molecule has 28 heavy (non-hydrogen) atoms. The van der Waals surface area contributed by atoms with Crippen LogP contribution in [-0.4, -0.2) is 43.3 Å². The summed E-state index contributed by atoms with van der Waals surface area (Å²) in [5.41, 5.74) is 1.46. The van der Waals surface area contributed by atoms with Gasteiger partial charge in [0.25, 0.3) is 5.91 Å². The van der Waals surface area contributed by atoms with Gasteiger partial charge in [-0.2, -0.15) is 5.26 Å². The molecule has 2 aliphatic heterocycles. The highest BCUT2D eigenvalue weighted by atomic mass is 16.5. The third-order valence-corrected chi connectivity index (χ3v) is 5.23. The molecule has 0 spiro atoms. The fourth-order valence-corrected chi connectivity index (χ4v) is 3.81. The zero-order chi connectivity index (χ0) is 19.5. The highest BCUT2D eigenvalue weighted by molar-refractivity contribution is 5.89. The van der Waals surface area contributed by atoms with Crippen LogP contribution in [0.2, 0.25) is 0 Å². The molecule has 2 aromatic carbocycles. The van der Waals surface area contributed by atoms with Gasteiger partial charge in [-0.3, -0.25) is 4.79 Å². The first-order valence-corrected chi connectivity index (χ1v) is 9.42. The molecule has 6 nitrogen and oxygen atoms in total. The van der Waals surface area contributed by atoms with Crippen molar-refractivity contribution in [2.45, 2.75) is 31.1 Å². The lowest BCUT2D eigenvalue weighted by atomic mass is 9.89. The lowest BCUT2D eigenvalue weighted by molar-refractivity contribution is -0.167. The van der Waals surface area contributed by atoms with Crippen LogP contribution >= 0.6 is 0 Å². The van der Waals surface area contributed by atoms with Gasteiger partial charge in [-0.25, -0.2) is 0 Å². The fraction of sp³-hybridized carbons (Fsp3) is 0.364. The third kappa shape index (κ3) is 3.54. The molecule has 2 fully saturated rings. The van der Waals surface area contributed by atoms with Gasteiger partial charge in [0.2, 0.25) is 6.10 Å². The van der Waals surface area contributed by atoms with E-state index in [9.17, 15) is 4.79 Å². The number of β-lactam (4-membered cyclic amide) rings is 1. The van der Waals surface area contributed by atoms with Crippen LogP contribution in [0.5, 0.6) is 11.5 Å². The number of carbonyl (C=O) groups is 1. The highest BCUT2D eigenvalue weighted by Crippen LogP contribution is 2.39. The fourth-order valence-electron chi connectivity index (χ4n) is 3.81. The summed E-state index contributed by atoms with van der Waals surface area (Å²) in [6.07, 6.45) is 1.42. The van der Waals surface area contributed by atoms with Crippen molar-refractivity contribution in [3.05, 3.63) is 59.7 Å². The Labute approximate surface area is 164 Å². The number of benzene rings is 2. The van der Waals surface area contributed by atoms with E-state index in [0.717, 1.165) is 30.8 Å². The Hall–Kier alpha value is -3.04. The molecule has 2 aliphatic rings. The van der Waals surface area contributed by atoms with Gasteiger partial charge in [-0.15, -0.1) is 0 Å². The number of rotatable bonds is 6. The molecule has 2 aromatic rings. The first-order chi connectivity index (χ1) is 13.7. The van der Waals surface area contributed by atoms with E-state index in [1.165, 1.54) is 0 Å². The smallest absolute Gasteiger partial charge is 0.266 e. The Bertz CT molecular complexity index is 901. The van der Waals surface area contributed by atoms with Gasteiger partial charge in [0.05, 0.1) is 24.8 Å². The number of hydrogen-bond donors (Lipinski definition) is 0. The minimum atomic E-state index is -0.637. The molecule has 0 N–H and O–H groups in total. The zero-order valence-electron chi connectivity index (χ0n) is 15.7. The standard InChI is InChI=1S/C22H22N2O4/c1-26-17-7-3-6-16(12-17)20-21(28-18-8-2-5-15(11-18)13-23)22(25)24(20)14-19-9-4-10-27-19/h2-3,5-8,11-12,19-21H,4,9-10,14H2,1H3/t19-,20-,21-/m1/s1. The van der Waals surface area contributed by atoms with Crippen molar-refractivity contribution in [3.63, 3.8) is 0 Å². The molecular formula is C22H22N2O4. The zero-order valence-corrected chi connectivity index (χ0v) is 15.7. The molecule has 4 rings (SSSR count). The number of amides is 1. The normalized spacial score (nSPS) is 23.8. The maximum atomic E-state index is 12.9. The van der Waals surface area contributed by atoms with Crippen LogP contribution in [0.15, 0.2) is 48.5 Å². The van der Waals surface area contributed by atoms with Crippen molar-refractivity contribution >= 4 is 5.91 Å². The lowest BCUT2D eigenvalue weighted by Crippen LogP contribution is -2.62. The summed E-state index contributed by atoms with van der Waals surface area (Å²) in [6, 6.07) is 16.4. The van der Waals surface area contributed by atoms with Crippen molar-refractivity contribution in [2.75, 3.05) is 20.3 Å². The Morgan fingerprint density at radius 1 is 1.21 bits per heavy atom. The second-order valence-corrected chi connectivity index (χ2v) is 7.03. The van der Waals surface area contributed by atoms with Crippen LogP contribution < -0.4 is 9.47 Å². The van der Waals surface area contributed by atoms with Crippen LogP contribution in [0.1, 0.15) is 30.0 Å². The van der Waals surface area contributed by atoms with E-state index in [-0.39, 0.29) is 18.1 Å². The number of nitriles is 1. The van der Waals surface area contributed by atoms with Crippen LogP contribution in [-0.2, 0) is 9.53 Å². The molecule has 2 heterocycles. The average Bonchev–Trinajstić information content (AvgIpc) is 3.26. The minimum Gasteiger partial charge on any atom is -0.497 e. The van der Waals surface area contributed by atoms with Gasteiger partial charge in [-0.1, -0.05) is 18.2 Å². The molecule has 0 saturated carbocycles. The average molecular weight is 378 g/mol. The second kappa shape index (κ2) is 7.91. The number of nitrogens with zero attached hydrogens (tertiary/aromatic N) is 2. The van der Waals surface area contributed by atoms with Gasteiger partial charge < -0.3 is 19.1 Å². The van der Waals surface area contributed by atoms with Crippen molar-refractivity contribution < 1.29 is 19.0 Å². The quantitative estimate of drug-likeness (QED) is 0.723. The number of likely N-dealkylation sites (tertiary alicyclic amines) is 1. The van der Waals surface area contributed by atoms with Gasteiger partial charge >= 0.3 is 0 Å².